The van der Waals surface area contributed by atoms with E-state index in [1.807, 2.05) is 18.3 Å². The first-order valence-corrected chi connectivity index (χ1v) is 14.0. The van der Waals surface area contributed by atoms with Crippen molar-refractivity contribution in [3.8, 4) is 0 Å². The number of nitrogens with zero attached hydrogens (tertiary/aromatic N) is 4. The summed E-state index contributed by atoms with van der Waals surface area (Å²) in [6, 6.07) is 25.5. The molecule has 0 unspecified atom stereocenters. The smallest absolute Gasteiger partial charge is 0.361 e. The van der Waals surface area contributed by atoms with Crippen LogP contribution in [0.1, 0.15) is 43.4 Å². The van der Waals surface area contributed by atoms with Crippen molar-refractivity contribution in [3.63, 3.8) is 0 Å². The van der Waals surface area contributed by atoms with E-state index >= 15 is 0 Å². The number of non-ortho nitro benzene ring substituents is 3. The molecule has 10 nitrogen and oxygen atoms in total. The summed E-state index contributed by atoms with van der Waals surface area (Å²) in [6.45, 7) is 0. The predicted molar refractivity (Wildman–Crippen MR) is 160 cm³/mol. The van der Waals surface area contributed by atoms with Crippen molar-refractivity contribution in [3.05, 3.63) is 139 Å². The van der Waals surface area contributed by atoms with E-state index in [1.165, 1.54) is 36.4 Å². The summed E-state index contributed by atoms with van der Waals surface area (Å²) >= 11 is 0. The minimum atomic E-state index is -2.07. The summed E-state index contributed by atoms with van der Waals surface area (Å²) in [7, 11) is 0. The molecule has 42 heavy (non-hydrogen) atoms. The minimum absolute atomic E-state index is 0.0227. The number of benzene rings is 3. The van der Waals surface area contributed by atoms with Crippen LogP contribution in [0.3, 0.4) is 0 Å². The van der Waals surface area contributed by atoms with Crippen molar-refractivity contribution in [2.75, 3.05) is 0 Å². The second-order valence-electron chi connectivity index (χ2n) is 11.0. The summed E-state index contributed by atoms with van der Waals surface area (Å²) in [5.41, 5.74) is 5.43. The van der Waals surface area contributed by atoms with Gasteiger partial charge in [0, 0.05) is 42.5 Å². The van der Waals surface area contributed by atoms with Crippen LogP contribution in [-0.2, 0) is 0 Å². The van der Waals surface area contributed by atoms with Gasteiger partial charge in [-0.1, -0.05) is 67.3 Å². The third kappa shape index (κ3) is 4.34. The highest BCUT2D eigenvalue weighted by Gasteiger charge is 2.53. The maximum absolute atomic E-state index is 11.6. The number of rotatable bonds is 7. The Kier molecular flexibility index (Phi) is 6.85. The highest BCUT2D eigenvalue weighted by atomic mass is 16.6. The normalized spacial score (nSPS) is 16.2. The lowest BCUT2D eigenvalue weighted by molar-refractivity contribution is -0.539. The maximum atomic E-state index is 11.6. The highest BCUT2D eigenvalue weighted by Crippen LogP contribution is 2.45. The molecule has 2 aliphatic rings. The third-order valence-electron chi connectivity index (χ3n) is 8.87. The van der Waals surface area contributed by atoms with Gasteiger partial charge in [-0.15, -0.1) is 16.4 Å². The highest BCUT2D eigenvalue weighted by molar-refractivity contribution is 7.10. The standard InChI is InChI=1S/C31H27BN4O6/c37-34(38)26-15-9-23(10-16-26)31-30(22-6-2-1-3-7-22)29-8-4-5-21-33(29)32(31,24-11-17-27(18-12-24)35(39)40)25-13-19-28(20-14-25)36(41)42/h4-5,8-22H,1-3,6-7H2. The van der Waals surface area contributed by atoms with Gasteiger partial charge in [-0.25, -0.2) is 0 Å². The monoisotopic (exact) mass is 562 g/mol. The topological polar surface area (TPSA) is 133 Å². The first-order chi connectivity index (χ1) is 20.3. The van der Waals surface area contributed by atoms with Crippen LogP contribution in [0.5, 0.6) is 0 Å². The fraction of sp³-hybridized carbons (Fsp3) is 0.194. The van der Waals surface area contributed by atoms with E-state index < -0.39 is 21.1 Å². The van der Waals surface area contributed by atoms with Gasteiger partial charge < -0.3 is 4.48 Å². The van der Waals surface area contributed by atoms with Gasteiger partial charge in [0.25, 0.3) is 17.1 Å². The van der Waals surface area contributed by atoms with Crippen LogP contribution >= 0.6 is 0 Å². The summed E-state index contributed by atoms with van der Waals surface area (Å²) in [5.74, 6) is 0.234. The second-order valence-corrected chi connectivity index (χ2v) is 11.0. The molecule has 3 aromatic carbocycles. The Labute approximate surface area is 241 Å². The zero-order valence-electron chi connectivity index (χ0n) is 22.7. The van der Waals surface area contributed by atoms with Gasteiger partial charge in [0.2, 0.25) is 0 Å². The number of pyridine rings is 1. The third-order valence-corrected chi connectivity index (χ3v) is 8.87. The molecule has 1 aromatic heterocycles. The van der Waals surface area contributed by atoms with Crippen LogP contribution < -0.4 is 15.4 Å². The Hall–Kier alpha value is -5.19. The number of hydrogen-bond donors (Lipinski definition) is 0. The van der Waals surface area contributed by atoms with Gasteiger partial charge in [0.15, 0.2) is 5.69 Å². The summed E-state index contributed by atoms with van der Waals surface area (Å²) in [6.07, 6.45) is 5.25. The molecular weight excluding hydrogens is 535 g/mol. The van der Waals surface area contributed by atoms with Gasteiger partial charge in [-0.3, -0.25) is 30.3 Å². The van der Waals surface area contributed by atoms with Crippen molar-refractivity contribution in [1.82, 2.24) is 0 Å². The molecule has 0 N–H and O–H groups in total. The molecule has 0 bridgehead atoms. The quantitative estimate of drug-likeness (QED) is 0.169. The number of fused-ring (bicyclic) bond motifs is 1. The largest absolute Gasteiger partial charge is 0.408 e. The van der Waals surface area contributed by atoms with Crippen molar-refractivity contribution >= 4 is 45.3 Å². The van der Waals surface area contributed by atoms with Crippen LogP contribution in [0, 0.1) is 36.3 Å². The van der Waals surface area contributed by atoms with E-state index in [9.17, 15) is 30.3 Å². The number of aromatic nitrogens is 1. The second kappa shape index (κ2) is 10.7. The molecule has 0 saturated heterocycles. The Balaban J connectivity index is 1.74. The molecule has 1 saturated carbocycles. The molecule has 6 rings (SSSR count). The zero-order valence-corrected chi connectivity index (χ0v) is 22.7. The van der Waals surface area contributed by atoms with E-state index in [0.717, 1.165) is 65.3 Å². The van der Waals surface area contributed by atoms with E-state index in [1.54, 1.807) is 36.4 Å². The van der Waals surface area contributed by atoms with Crippen molar-refractivity contribution in [2.24, 2.45) is 5.92 Å². The summed E-state index contributed by atoms with van der Waals surface area (Å²) < 4.78 is 2.21. The molecular formula is C31H27BN4O6. The molecule has 0 radical (unpaired) electrons. The molecule has 4 aromatic rings. The molecule has 1 aliphatic carbocycles. The predicted octanol–water partition coefficient (Wildman–Crippen LogP) is 5.35. The van der Waals surface area contributed by atoms with Gasteiger partial charge in [-0.2, -0.15) is 0 Å². The van der Waals surface area contributed by atoms with E-state index in [2.05, 4.69) is 10.5 Å². The van der Waals surface area contributed by atoms with Crippen LogP contribution in [0.15, 0.2) is 97.2 Å². The zero-order chi connectivity index (χ0) is 29.4. The number of nitro benzene ring substituents is 3. The van der Waals surface area contributed by atoms with Crippen molar-refractivity contribution in [1.29, 1.82) is 0 Å². The summed E-state index contributed by atoms with van der Waals surface area (Å²) in [5, 5.41) is 34.7. The number of allylic oxidation sites excluding steroid dienone is 1. The lowest BCUT2D eigenvalue weighted by atomic mass is 9.23. The first kappa shape index (κ1) is 27.0. The van der Waals surface area contributed by atoms with E-state index in [4.69, 9.17) is 0 Å². The summed E-state index contributed by atoms with van der Waals surface area (Å²) in [4.78, 5) is 33.4. The van der Waals surface area contributed by atoms with Gasteiger partial charge in [-0.05, 0) is 30.4 Å². The molecule has 2 heterocycles. The molecule has 1 aliphatic heterocycles. The molecule has 1 fully saturated rings. The lowest BCUT2D eigenvalue weighted by Crippen LogP contribution is -2.78. The molecule has 210 valence electrons. The fourth-order valence-electron chi connectivity index (χ4n) is 7.10. The van der Waals surface area contributed by atoms with Crippen molar-refractivity contribution in [2.45, 2.75) is 32.1 Å². The average Bonchev–Trinajstić information content (AvgIpc) is 3.33. The first-order valence-electron chi connectivity index (χ1n) is 14.0. The van der Waals surface area contributed by atoms with E-state index in [0.29, 0.717) is 0 Å². The van der Waals surface area contributed by atoms with Crippen LogP contribution in [0.2, 0.25) is 0 Å². The Morgan fingerprint density at radius 3 is 1.57 bits per heavy atom. The average molecular weight is 562 g/mol. The SMILES string of the molecule is O=[N+]([O-])c1ccc(C2=C(C3CCCCC3)c3cccc[n+]3[B-]2(c2ccc([N+](=O)[O-])cc2)c2ccc([N+](=O)[O-])cc2)cc1. The Morgan fingerprint density at radius 2 is 1.10 bits per heavy atom. The van der Waals surface area contributed by atoms with Crippen LogP contribution in [0.4, 0.5) is 17.1 Å². The number of nitro groups is 3. The van der Waals surface area contributed by atoms with Crippen LogP contribution in [0.25, 0.3) is 11.0 Å². The van der Waals surface area contributed by atoms with Crippen LogP contribution in [-0.4, -0.2) is 21.1 Å². The number of hydrogen-bond acceptors (Lipinski definition) is 6. The molecule has 11 heteroatoms. The fourth-order valence-corrected chi connectivity index (χ4v) is 7.10. The molecule has 0 spiro atoms. The maximum Gasteiger partial charge on any atom is 0.361 e. The molecule has 0 amide bonds. The van der Waals surface area contributed by atoms with Crippen molar-refractivity contribution < 1.29 is 19.2 Å². The molecule has 0 atom stereocenters. The van der Waals surface area contributed by atoms with E-state index in [-0.39, 0.29) is 23.0 Å². The minimum Gasteiger partial charge on any atom is -0.408 e. The van der Waals surface area contributed by atoms with Gasteiger partial charge in [0.1, 0.15) is 6.20 Å². The lowest BCUT2D eigenvalue weighted by Gasteiger charge is -2.36. The Morgan fingerprint density at radius 1 is 0.619 bits per heavy atom. The Bertz CT molecular complexity index is 1670. The van der Waals surface area contributed by atoms with Gasteiger partial charge >= 0.3 is 6.28 Å². The van der Waals surface area contributed by atoms with Gasteiger partial charge in [0.05, 0.1) is 14.8 Å².